The number of hydrogen-bond acceptors (Lipinski definition) is 4. The van der Waals surface area contributed by atoms with Crippen LogP contribution < -0.4 is 0 Å². The van der Waals surface area contributed by atoms with E-state index in [0.29, 0.717) is 0 Å². The first-order chi connectivity index (χ1) is 19.9. The lowest BCUT2D eigenvalue weighted by atomic mass is 9.98. The Morgan fingerprint density at radius 2 is 1.81 bits per heavy atom. The fraction of sp³-hybridized carbons (Fsp3) is 0.258. The molecule has 218 valence electrons. The molecule has 1 aliphatic rings. The van der Waals surface area contributed by atoms with E-state index >= 15 is 4.39 Å². The van der Waals surface area contributed by atoms with Crippen LogP contribution in [0, 0.1) is 5.82 Å². The van der Waals surface area contributed by atoms with Gasteiger partial charge in [-0.1, -0.05) is 12.1 Å². The van der Waals surface area contributed by atoms with E-state index in [1.807, 2.05) is 0 Å². The first-order valence-corrected chi connectivity index (χ1v) is 13.1. The van der Waals surface area contributed by atoms with Crippen LogP contribution in [0.3, 0.4) is 0 Å². The number of pyridine rings is 1. The zero-order valence-corrected chi connectivity index (χ0v) is 22.1. The van der Waals surface area contributed by atoms with Crippen molar-refractivity contribution in [3.8, 4) is 11.1 Å². The summed E-state index contributed by atoms with van der Waals surface area (Å²) in [7, 11) is 0. The highest BCUT2D eigenvalue weighted by atomic mass is 19.4. The second-order valence-corrected chi connectivity index (χ2v) is 10.1. The fourth-order valence-corrected chi connectivity index (χ4v) is 4.79. The van der Waals surface area contributed by atoms with E-state index in [1.54, 1.807) is 30.6 Å². The minimum atomic E-state index is -4.83. The molecule has 3 heterocycles. The third-order valence-corrected chi connectivity index (χ3v) is 7.05. The second kappa shape index (κ2) is 11.5. The van der Waals surface area contributed by atoms with Crippen molar-refractivity contribution in [1.82, 2.24) is 9.88 Å². The molecule has 0 unspecified atom stereocenters. The molecule has 2 aromatic heterocycles. The number of fused-ring (bicyclic) bond motifs is 1. The first-order valence-electron chi connectivity index (χ1n) is 13.1. The van der Waals surface area contributed by atoms with Crippen molar-refractivity contribution < 1.29 is 40.3 Å². The Labute approximate surface area is 236 Å². The number of benzene rings is 2. The Bertz CT molecular complexity index is 1650. The molecule has 1 amide bonds. The van der Waals surface area contributed by atoms with Gasteiger partial charge in [0.15, 0.2) is 5.78 Å². The van der Waals surface area contributed by atoms with Crippen molar-refractivity contribution >= 4 is 28.7 Å². The Hall–Kier alpha value is -4.41. The molecule has 4 aromatic rings. The summed E-state index contributed by atoms with van der Waals surface area (Å²) in [6.07, 6.45) is 0.326. The Kier molecular flexibility index (Phi) is 7.94. The highest BCUT2D eigenvalue weighted by Gasteiger charge is 2.37. The average molecular weight is 587 g/mol. The standard InChI is InChI=1S/C31H24F6N2O3/c32-27-17-20(29(41)39-12-9-30(33,34)10-13-39)4-8-25(27)21-14-22-15-24(42-28(22)26(16-21)31(35,36)37)7-6-23(40)5-3-19-2-1-11-38-18-19/h1-5,8,11,14-18H,6-7,9-10,12-13H2/b5-3+. The molecule has 5 nitrogen and oxygen atoms in total. The lowest BCUT2D eigenvalue weighted by molar-refractivity contribution is -0.136. The van der Waals surface area contributed by atoms with Crippen LogP contribution in [0.25, 0.3) is 28.2 Å². The molecule has 0 saturated carbocycles. The van der Waals surface area contributed by atoms with Crippen LogP contribution in [0.1, 0.15) is 46.5 Å². The van der Waals surface area contributed by atoms with Gasteiger partial charge in [0.1, 0.15) is 17.2 Å². The number of piperidine rings is 1. The quantitative estimate of drug-likeness (QED) is 0.164. The molecule has 0 bridgehead atoms. The fourth-order valence-electron chi connectivity index (χ4n) is 4.79. The van der Waals surface area contributed by atoms with Crippen LogP contribution >= 0.6 is 0 Å². The molecule has 5 rings (SSSR count). The van der Waals surface area contributed by atoms with Gasteiger partial charge in [0.25, 0.3) is 11.8 Å². The van der Waals surface area contributed by atoms with E-state index in [0.717, 1.165) is 17.7 Å². The maximum absolute atomic E-state index is 15.2. The van der Waals surface area contributed by atoms with Crippen molar-refractivity contribution in [3.63, 3.8) is 0 Å². The number of alkyl halides is 5. The Morgan fingerprint density at radius 1 is 1.05 bits per heavy atom. The summed E-state index contributed by atoms with van der Waals surface area (Å²) in [4.78, 5) is 30.1. The van der Waals surface area contributed by atoms with Crippen LogP contribution in [-0.4, -0.2) is 40.6 Å². The predicted molar refractivity (Wildman–Crippen MR) is 143 cm³/mol. The van der Waals surface area contributed by atoms with Crippen LogP contribution in [0.4, 0.5) is 26.3 Å². The predicted octanol–water partition coefficient (Wildman–Crippen LogP) is 7.74. The molecule has 11 heteroatoms. The van der Waals surface area contributed by atoms with E-state index in [4.69, 9.17) is 4.42 Å². The Morgan fingerprint density at radius 3 is 2.48 bits per heavy atom. The number of nitrogens with zero attached hydrogens (tertiary/aromatic N) is 2. The number of halogens is 6. The minimum absolute atomic E-state index is 0.0103. The van der Waals surface area contributed by atoms with Gasteiger partial charge in [-0.05, 0) is 59.7 Å². The van der Waals surface area contributed by atoms with Gasteiger partial charge in [0, 0.05) is 67.7 Å². The third kappa shape index (κ3) is 6.56. The molecule has 2 aromatic carbocycles. The van der Waals surface area contributed by atoms with Gasteiger partial charge >= 0.3 is 6.18 Å². The number of amides is 1. The number of carbonyl (C=O) groups is 2. The molecule has 0 spiro atoms. The number of carbonyl (C=O) groups excluding carboxylic acids is 2. The van der Waals surface area contributed by atoms with Crippen molar-refractivity contribution in [2.75, 3.05) is 13.1 Å². The average Bonchev–Trinajstić information content (AvgIpc) is 3.37. The van der Waals surface area contributed by atoms with Crippen LogP contribution in [0.2, 0.25) is 0 Å². The van der Waals surface area contributed by atoms with E-state index < -0.39 is 47.8 Å². The van der Waals surface area contributed by atoms with E-state index in [1.165, 1.54) is 35.2 Å². The summed E-state index contributed by atoms with van der Waals surface area (Å²) < 4.78 is 89.6. The van der Waals surface area contributed by atoms with Crippen LogP contribution in [0.15, 0.2) is 71.4 Å². The summed E-state index contributed by atoms with van der Waals surface area (Å²) in [6, 6.07) is 10.3. The monoisotopic (exact) mass is 586 g/mol. The molecule has 1 fully saturated rings. The maximum atomic E-state index is 15.2. The van der Waals surface area contributed by atoms with Gasteiger partial charge in [0.2, 0.25) is 0 Å². The van der Waals surface area contributed by atoms with E-state index in [2.05, 4.69) is 4.98 Å². The second-order valence-electron chi connectivity index (χ2n) is 10.1. The first kappa shape index (κ1) is 29.1. The van der Waals surface area contributed by atoms with E-state index in [9.17, 15) is 31.5 Å². The van der Waals surface area contributed by atoms with Crippen LogP contribution in [-0.2, 0) is 17.4 Å². The number of aromatic nitrogens is 1. The molecule has 1 saturated heterocycles. The number of hydrogen-bond donors (Lipinski definition) is 0. The summed E-state index contributed by atoms with van der Waals surface area (Å²) in [5.74, 6) is -4.53. The lowest BCUT2D eigenvalue weighted by Gasteiger charge is -2.31. The molecule has 0 N–H and O–H groups in total. The zero-order chi connectivity index (χ0) is 30.1. The Balaban J connectivity index is 1.38. The molecule has 0 aliphatic carbocycles. The molecule has 42 heavy (non-hydrogen) atoms. The molecular weight excluding hydrogens is 562 g/mol. The number of allylic oxidation sites excluding steroid dienone is 1. The van der Waals surface area contributed by atoms with Gasteiger partial charge in [-0.3, -0.25) is 14.6 Å². The lowest BCUT2D eigenvalue weighted by Crippen LogP contribution is -2.42. The highest BCUT2D eigenvalue weighted by Crippen LogP contribution is 2.40. The topological polar surface area (TPSA) is 63.4 Å². The molecule has 0 radical (unpaired) electrons. The van der Waals surface area contributed by atoms with E-state index in [-0.39, 0.29) is 59.6 Å². The van der Waals surface area contributed by atoms with Crippen molar-refractivity contribution in [3.05, 3.63) is 95.3 Å². The number of rotatable bonds is 7. The van der Waals surface area contributed by atoms with Crippen molar-refractivity contribution in [2.45, 2.75) is 37.8 Å². The minimum Gasteiger partial charge on any atom is -0.460 e. The van der Waals surface area contributed by atoms with Gasteiger partial charge in [0.05, 0.1) is 5.56 Å². The molecular formula is C31H24F6N2O3. The number of likely N-dealkylation sites (tertiary alicyclic amines) is 1. The summed E-state index contributed by atoms with van der Waals surface area (Å²) in [5.41, 5.74) is -1.19. The van der Waals surface area contributed by atoms with Gasteiger partial charge in [-0.25, -0.2) is 13.2 Å². The summed E-state index contributed by atoms with van der Waals surface area (Å²) in [5, 5.41) is 0.0713. The zero-order valence-electron chi connectivity index (χ0n) is 22.1. The number of ketones is 1. The summed E-state index contributed by atoms with van der Waals surface area (Å²) >= 11 is 0. The SMILES string of the molecule is O=C(/C=C/c1cccnc1)CCc1cc2cc(-c3ccc(C(=O)N4CCC(F)(F)CC4)cc3F)cc(C(F)(F)F)c2o1. The van der Waals surface area contributed by atoms with Crippen LogP contribution in [0.5, 0.6) is 0 Å². The number of aryl methyl sites for hydroxylation is 1. The third-order valence-electron chi connectivity index (χ3n) is 7.05. The number of furan rings is 1. The highest BCUT2D eigenvalue weighted by molar-refractivity contribution is 5.95. The smallest absolute Gasteiger partial charge is 0.420 e. The normalized spacial score (nSPS) is 15.4. The molecule has 0 atom stereocenters. The maximum Gasteiger partial charge on any atom is 0.420 e. The van der Waals surface area contributed by atoms with Gasteiger partial charge in [-0.2, -0.15) is 13.2 Å². The largest absolute Gasteiger partial charge is 0.460 e. The van der Waals surface area contributed by atoms with Crippen molar-refractivity contribution in [2.24, 2.45) is 0 Å². The van der Waals surface area contributed by atoms with Crippen molar-refractivity contribution in [1.29, 1.82) is 0 Å². The van der Waals surface area contributed by atoms with Gasteiger partial charge in [-0.15, -0.1) is 0 Å². The molecule has 1 aliphatic heterocycles. The van der Waals surface area contributed by atoms with Gasteiger partial charge < -0.3 is 9.32 Å². The summed E-state index contributed by atoms with van der Waals surface area (Å²) in [6.45, 7) is -0.369.